The van der Waals surface area contributed by atoms with Gasteiger partial charge >= 0.3 is 5.97 Å². The van der Waals surface area contributed by atoms with Gasteiger partial charge in [-0.05, 0) is 75.1 Å². The number of rotatable bonds is 8. The largest absolute Gasteiger partial charge is 0.490 e. The summed E-state index contributed by atoms with van der Waals surface area (Å²) in [4.78, 5) is 10.5. The van der Waals surface area contributed by atoms with Gasteiger partial charge in [0.1, 0.15) is 12.4 Å². The molecule has 0 unspecified atom stereocenters. The van der Waals surface area contributed by atoms with Crippen molar-refractivity contribution < 1.29 is 19.4 Å². The van der Waals surface area contributed by atoms with Gasteiger partial charge in [-0.1, -0.05) is 23.3 Å². The normalized spacial score (nSPS) is 22.0. The fourth-order valence-corrected chi connectivity index (χ4v) is 4.00. The second-order valence-corrected chi connectivity index (χ2v) is 7.50. The monoisotopic (exact) mass is 381 g/mol. The number of nitrogens with zero attached hydrogens (tertiary/aromatic N) is 1. The van der Waals surface area contributed by atoms with Gasteiger partial charge in [-0.15, -0.1) is 0 Å². The zero-order valence-corrected chi connectivity index (χ0v) is 16.1. The first-order valence-electron chi connectivity index (χ1n) is 9.99. The van der Waals surface area contributed by atoms with Crippen LogP contribution in [0, 0.1) is 17.2 Å². The first-order chi connectivity index (χ1) is 13.6. The minimum absolute atomic E-state index is 0.224. The number of hydrogen-bond donors (Lipinski definition) is 1. The van der Waals surface area contributed by atoms with Crippen molar-refractivity contribution in [1.29, 1.82) is 5.26 Å². The number of carboxylic acid groups (broad SMARTS) is 1. The summed E-state index contributed by atoms with van der Waals surface area (Å²) in [6.45, 7) is 0.238. The Balaban J connectivity index is 1.49. The van der Waals surface area contributed by atoms with E-state index in [0.717, 1.165) is 37.9 Å². The van der Waals surface area contributed by atoms with Crippen molar-refractivity contribution in [3.8, 4) is 11.8 Å². The quantitative estimate of drug-likeness (QED) is 0.664. The van der Waals surface area contributed by atoms with Crippen LogP contribution in [0.3, 0.4) is 0 Å². The van der Waals surface area contributed by atoms with Gasteiger partial charge in [-0.2, -0.15) is 5.26 Å². The Labute approximate surface area is 166 Å². The average Bonchev–Trinajstić information content (AvgIpc) is 2.72. The third-order valence-electron chi connectivity index (χ3n) is 5.50. The van der Waals surface area contributed by atoms with E-state index in [2.05, 4.69) is 18.2 Å². The van der Waals surface area contributed by atoms with Crippen LogP contribution in [0.1, 0.15) is 50.5 Å². The van der Waals surface area contributed by atoms with E-state index in [1.165, 1.54) is 24.0 Å². The van der Waals surface area contributed by atoms with Crippen molar-refractivity contribution in [2.24, 2.45) is 5.92 Å². The van der Waals surface area contributed by atoms with E-state index in [4.69, 9.17) is 19.8 Å². The number of benzene rings is 1. The molecule has 0 radical (unpaired) electrons. The van der Waals surface area contributed by atoms with Gasteiger partial charge in [0.15, 0.2) is 0 Å². The molecule has 1 aromatic carbocycles. The van der Waals surface area contributed by atoms with Crippen LogP contribution >= 0.6 is 0 Å². The van der Waals surface area contributed by atoms with E-state index in [1.54, 1.807) is 12.1 Å². The van der Waals surface area contributed by atoms with Crippen LogP contribution in [0.25, 0.3) is 0 Å². The molecule has 0 aromatic heterocycles. The van der Waals surface area contributed by atoms with E-state index < -0.39 is 5.97 Å². The third-order valence-corrected chi connectivity index (χ3v) is 5.50. The average molecular weight is 381 g/mol. The third kappa shape index (κ3) is 5.97. The van der Waals surface area contributed by atoms with Crippen LogP contribution in [0.2, 0.25) is 0 Å². The summed E-state index contributed by atoms with van der Waals surface area (Å²) >= 11 is 0. The van der Waals surface area contributed by atoms with Gasteiger partial charge in [0.2, 0.25) is 0 Å². The van der Waals surface area contributed by atoms with Gasteiger partial charge in [-0.3, -0.25) is 0 Å². The Kier molecular flexibility index (Phi) is 7.27. The highest BCUT2D eigenvalue weighted by atomic mass is 16.5. The van der Waals surface area contributed by atoms with Crippen molar-refractivity contribution in [1.82, 2.24) is 0 Å². The Hall–Kier alpha value is -2.58. The summed E-state index contributed by atoms with van der Waals surface area (Å²) in [6, 6.07) is 9.48. The molecule has 1 aromatic rings. The number of ether oxygens (including phenoxy) is 2. The van der Waals surface area contributed by atoms with Gasteiger partial charge < -0.3 is 14.6 Å². The number of carbonyl (C=O) groups is 1. The predicted octanol–water partition coefficient (Wildman–Crippen LogP) is 4.63. The van der Waals surface area contributed by atoms with Gasteiger partial charge in [0, 0.05) is 0 Å². The van der Waals surface area contributed by atoms with Crippen LogP contribution in [-0.4, -0.2) is 30.4 Å². The molecule has 28 heavy (non-hydrogen) atoms. The molecule has 2 aliphatic carbocycles. The smallest absolute Gasteiger partial charge is 0.329 e. The summed E-state index contributed by atoms with van der Waals surface area (Å²) < 4.78 is 11.3. The lowest BCUT2D eigenvalue weighted by Gasteiger charge is -2.32. The van der Waals surface area contributed by atoms with E-state index in [1.807, 2.05) is 12.1 Å². The molecule has 148 valence electrons. The Morgan fingerprint density at radius 3 is 2.68 bits per heavy atom. The molecular weight excluding hydrogens is 354 g/mol. The SMILES string of the molecule is N#Cc1ccc(O[C@H]2CCC[C@@H](C3=CC=C(CCOCC(=O)O)CC3)C2)cc1. The van der Waals surface area contributed by atoms with Crippen LogP contribution in [-0.2, 0) is 9.53 Å². The highest BCUT2D eigenvalue weighted by molar-refractivity contribution is 5.67. The number of hydrogen-bond acceptors (Lipinski definition) is 4. The highest BCUT2D eigenvalue weighted by Gasteiger charge is 2.26. The molecule has 0 aliphatic heterocycles. The summed E-state index contributed by atoms with van der Waals surface area (Å²) in [5, 5.41) is 17.5. The standard InChI is InChI=1S/C23H27NO4/c24-15-18-6-10-21(11-7-18)28-22-3-1-2-20(14-22)19-8-4-17(5-9-19)12-13-27-16-23(25)26/h4,6-8,10-11,20,22H,1-3,5,9,12-14,16H2,(H,25,26)/t20-,22+/m1/s1. The highest BCUT2D eigenvalue weighted by Crippen LogP contribution is 2.36. The number of nitriles is 1. The number of carboxylic acids is 1. The van der Waals surface area contributed by atoms with Crippen LogP contribution in [0.4, 0.5) is 0 Å². The van der Waals surface area contributed by atoms with Crippen molar-refractivity contribution in [3.63, 3.8) is 0 Å². The lowest BCUT2D eigenvalue weighted by Crippen LogP contribution is -2.26. The minimum atomic E-state index is -0.921. The summed E-state index contributed by atoms with van der Waals surface area (Å²) in [6.07, 6.45) is 12.1. The molecule has 0 heterocycles. The Bertz CT molecular complexity index is 773. The minimum Gasteiger partial charge on any atom is -0.490 e. The van der Waals surface area contributed by atoms with E-state index in [9.17, 15) is 4.79 Å². The molecule has 0 saturated heterocycles. The van der Waals surface area contributed by atoms with Crippen molar-refractivity contribution >= 4 is 5.97 Å². The van der Waals surface area contributed by atoms with Gasteiger partial charge in [0.05, 0.1) is 24.3 Å². The fraction of sp³-hybridized carbons (Fsp3) is 0.478. The number of aliphatic carboxylic acids is 1. The van der Waals surface area contributed by atoms with Gasteiger partial charge in [0.25, 0.3) is 0 Å². The second kappa shape index (κ2) is 10.1. The summed E-state index contributed by atoms with van der Waals surface area (Å²) in [7, 11) is 0. The van der Waals surface area contributed by atoms with Crippen LogP contribution in [0.15, 0.2) is 47.6 Å². The molecule has 0 bridgehead atoms. The molecule has 1 saturated carbocycles. The molecule has 1 fully saturated rings. The van der Waals surface area contributed by atoms with Gasteiger partial charge in [-0.25, -0.2) is 4.79 Å². The fourth-order valence-electron chi connectivity index (χ4n) is 4.00. The molecule has 3 rings (SSSR count). The Morgan fingerprint density at radius 2 is 2.00 bits per heavy atom. The maximum absolute atomic E-state index is 10.5. The molecule has 2 atom stereocenters. The molecule has 2 aliphatic rings. The molecule has 5 nitrogen and oxygen atoms in total. The van der Waals surface area contributed by atoms with Crippen molar-refractivity contribution in [3.05, 3.63) is 53.1 Å². The zero-order valence-electron chi connectivity index (χ0n) is 16.1. The predicted molar refractivity (Wildman–Crippen MR) is 106 cm³/mol. The van der Waals surface area contributed by atoms with Crippen molar-refractivity contribution in [2.45, 2.75) is 51.0 Å². The first kappa shape index (κ1) is 20.2. The maximum atomic E-state index is 10.5. The molecular formula is C23H27NO4. The topological polar surface area (TPSA) is 79.5 Å². The van der Waals surface area contributed by atoms with E-state index >= 15 is 0 Å². The summed E-state index contributed by atoms with van der Waals surface area (Å²) in [5.41, 5.74) is 3.48. The lowest BCUT2D eigenvalue weighted by molar-refractivity contribution is -0.142. The molecule has 5 heteroatoms. The number of allylic oxidation sites excluding steroid dienone is 3. The maximum Gasteiger partial charge on any atom is 0.329 e. The summed E-state index contributed by atoms with van der Waals surface area (Å²) in [5.74, 6) is 0.485. The van der Waals surface area contributed by atoms with Crippen LogP contribution in [0.5, 0.6) is 5.75 Å². The van der Waals surface area contributed by atoms with Crippen molar-refractivity contribution in [2.75, 3.05) is 13.2 Å². The first-order valence-corrected chi connectivity index (χ1v) is 9.99. The van der Waals surface area contributed by atoms with E-state index in [0.29, 0.717) is 18.1 Å². The second-order valence-electron chi connectivity index (χ2n) is 7.50. The lowest BCUT2D eigenvalue weighted by atomic mass is 9.78. The molecule has 1 N–H and O–H groups in total. The zero-order chi connectivity index (χ0) is 19.8. The molecule has 0 amide bonds. The van der Waals surface area contributed by atoms with Crippen LogP contribution < -0.4 is 4.74 Å². The Morgan fingerprint density at radius 1 is 1.18 bits per heavy atom. The molecule has 0 spiro atoms. The van der Waals surface area contributed by atoms with E-state index in [-0.39, 0.29) is 12.7 Å².